The van der Waals surface area contributed by atoms with E-state index < -0.39 is 0 Å². The van der Waals surface area contributed by atoms with E-state index in [1.165, 1.54) is 17.3 Å². The molecule has 1 N–H and O–H groups in total. The number of carbonyl (C=O) groups is 1. The lowest BCUT2D eigenvalue weighted by Gasteiger charge is -2.14. The smallest absolute Gasteiger partial charge is 0.230 e. The minimum atomic E-state index is -0.0374. The molecular weight excluding hydrogens is 348 g/mol. The van der Waals surface area contributed by atoms with Crippen LogP contribution >= 0.6 is 11.8 Å². The van der Waals surface area contributed by atoms with Crippen molar-refractivity contribution in [3.8, 4) is 11.6 Å². The lowest BCUT2D eigenvalue weighted by atomic mass is 10.1. The van der Waals surface area contributed by atoms with Gasteiger partial charge in [0.1, 0.15) is 0 Å². The second-order valence-electron chi connectivity index (χ2n) is 6.02. The van der Waals surface area contributed by atoms with E-state index in [0.29, 0.717) is 16.7 Å². The monoisotopic (exact) mass is 370 g/mol. The lowest BCUT2D eigenvalue weighted by Crippen LogP contribution is -2.28. The first kappa shape index (κ1) is 18.3. The molecule has 26 heavy (non-hydrogen) atoms. The molecule has 6 nitrogen and oxygen atoms in total. The molecule has 0 saturated heterocycles. The van der Waals surface area contributed by atoms with Gasteiger partial charge in [-0.3, -0.25) is 4.79 Å². The average Bonchev–Trinajstić information content (AvgIpc) is 3.29. The molecule has 0 saturated carbocycles. The summed E-state index contributed by atoms with van der Waals surface area (Å²) in [7, 11) is 1.86. The van der Waals surface area contributed by atoms with Crippen LogP contribution < -0.4 is 5.32 Å². The Morgan fingerprint density at radius 3 is 2.69 bits per heavy atom. The molecular formula is C19H22N4O2S. The second kappa shape index (κ2) is 8.23. The van der Waals surface area contributed by atoms with Crippen LogP contribution in [0.2, 0.25) is 0 Å². The fourth-order valence-electron chi connectivity index (χ4n) is 2.60. The van der Waals surface area contributed by atoms with Crippen molar-refractivity contribution in [3.63, 3.8) is 0 Å². The van der Waals surface area contributed by atoms with Gasteiger partial charge in [-0.15, -0.1) is 10.2 Å². The molecule has 136 valence electrons. The van der Waals surface area contributed by atoms with Gasteiger partial charge in [0, 0.05) is 7.05 Å². The van der Waals surface area contributed by atoms with Gasteiger partial charge in [-0.1, -0.05) is 43.0 Å². The average molecular weight is 370 g/mol. The van der Waals surface area contributed by atoms with Crippen LogP contribution in [0.3, 0.4) is 0 Å². The van der Waals surface area contributed by atoms with E-state index in [2.05, 4.69) is 46.7 Å². The van der Waals surface area contributed by atoms with Gasteiger partial charge < -0.3 is 14.3 Å². The Balaban J connectivity index is 1.55. The van der Waals surface area contributed by atoms with Gasteiger partial charge in [0.2, 0.25) is 5.91 Å². The van der Waals surface area contributed by atoms with E-state index in [1.54, 1.807) is 12.3 Å². The quantitative estimate of drug-likeness (QED) is 0.643. The summed E-state index contributed by atoms with van der Waals surface area (Å²) >= 11 is 1.35. The van der Waals surface area contributed by atoms with Crippen LogP contribution in [0, 0.1) is 0 Å². The number of thioether (sulfide) groups is 1. The normalized spacial score (nSPS) is 12.1. The first-order valence-corrected chi connectivity index (χ1v) is 9.51. The number of rotatable bonds is 7. The molecule has 2 heterocycles. The van der Waals surface area contributed by atoms with Crippen LogP contribution in [0.25, 0.3) is 11.6 Å². The molecule has 0 bridgehead atoms. The molecule has 1 unspecified atom stereocenters. The maximum Gasteiger partial charge on any atom is 0.230 e. The highest BCUT2D eigenvalue weighted by atomic mass is 32.2. The topological polar surface area (TPSA) is 73.0 Å². The molecule has 2 aromatic heterocycles. The largest absolute Gasteiger partial charge is 0.461 e. The number of amides is 1. The Hall–Kier alpha value is -2.54. The predicted molar refractivity (Wildman–Crippen MR) is 102 cm³/mol. The standard InChI is InChI=1S/C19H22N4O2S/c1-4-14-7-9-15(10-8-14)13(2)20-17(24)12-26-19-22-21-18(23(19)3)16-6-5-11-25-16/h5-11,13H,4,12H2,1-3H3,(H,20,24). The highest BCUT2D eigenvalue weighted by molar-refractivity contribution is 7.99. The molecule has 0 aliphatic carbocycles. The first-order valence-electron chi connectivity index (χ1n) is 8.52. The Bertz CT molecular complexity index is 856. The zero-order chi connectivity index (χ0) is 18.5. The van der Waals surface area contributed by atoms with E-state index in [4.69, 9.17) is 4.42 Å². The molecule has 1 amide bonds. The molecule has 0 fully saturated rings. The van der Waals surface area contributed by atoms with E-state index in [9.17, 15) is 4.79 Å². The Morgan fingerprint density at radius 1 is 1.27 bits per heavy atom. The summed E-state index contributed by atoms with van der Waals surface area (Å²) in [5, 5.41) is 12.0. The van der Waals surface area contributed by atoms with Gasteiger partial charge in [-0.05, 0) is 36.6 Å². The minimum Gasteiger partial charge on any atom is -0.461 e. The molecule has 0 aliphatic heterocycles. The molecule has 7 heteroatoms. The molecule has 3 aromatic rings. The molecule has 1 atom stereocenters. The summed E-state index contributed by atoms with van der Waals surface area (Å²) in [6.07, 6.45) is 2.61. The van der Waals surface area contributed by atoms with Crippen LogP contribution in [0.4, 0.5) is 0 Å². The van der Waals surface area contributed by atoms with Crippen molar-refractivity contribution >= 4 is 17.7 Å². The number of carbonyl (C=O) groups excluding carboxylic acids is 1. The summed E-state index contributed by atoms with van der Waals surface area (Å²) in [5.74, 6) is 1.54. The van der Waals surface area contributed by atoms with Gasteiger partial charge in [0.05, 0.1) is 18.1 Å². The molecule has 0 aliphatic rings. The van der Waals surface area contributed by atoms with Crippen molar-refractivity contribution in [2.45, 2.75) is 31.5 Å². The number of furan rings is 1. The predicted octanol–water partition coefficient (Wildman–Crippen LogP) is 3.61. The van der Waals surface area contributed by atoms with Gasteiger partial charge in [-0.25, -0.2) is 0 Å². The zero-order valence-corrected chi connectivity index (χ0v) is 15.9. The van der Waals surface area contributed by atoms with E-state index in [0.717, 1.165) is 12.0 Å². The maximum absolute atomic E-state index is 12.3. The van der Waals surface area contributed by atoms with Crippen LogP contribution in [0.1, 0.15) is 31.0 Å². The van der Waals surface area contributed by atoms with Gasteiger partial charge in [0.25, 0.3) is 0 Å². The van der Waals surface area contributed by atoms with Gasteiger partial charge in [0.15, 0.2) is 16.7 Å². The summed E-state index contributed by atoms with van der Waals surface area (Å²) < 4.78 is 7.17. The molecule has 1 aromatic carbocycles. The number of aryl methyl sites for hydroxylation is 1. The van der Waals surface area contributed by atoms with Crippen molar-refractivity contribution in [2.75, 3.05) is 5.75 Å². The minimum absolute atomic E-state index is 0.0350. The Morgan fingerprint density at radius 2 is 2.04 bits per heavy atom. The number of nitrogens with one attached hydrogen (secondary N) is 1. The number of hydrogen-bond donors (Lipinski definition) is 1. The molecule has 0 radical (unpaired) electrons. The maximum atomic E-state index is 12.3. The van der Waals surface area contributed by atoms with E-state index in [-0.39, 0.29) is 17.7 Å². The van der Waals surface area contributed by atoms with E-state index >= 15 is 0 Å². The Kier molecular flexibility index (Phi) is 5.78. The molecule has 3 rings (SSSR count). The van der Waals surface area contributed by atoms with Crippen LogP contribution in [-0.2, 0) is 18.3 Å². The fraction of sp³-hybridized carbons (Fsp3) is 0.316. The van der Waals surface area contributed by atoms with Crippen molar-refractivity contribution in [2.24, 2.45) is 7.05 Å². The number of aromatic nitrogens is 3. The van der Waals surface area contributed by atoms with Crippen molar-refractivity contribution < 1.29 is 9.21 Å². The summed E-state index contributed by atoms with van der Waals surface area (Å²) in [6.45, 7) is 4.11. The number of nitrogens with zero attached hydrogens (tertiary/aromatic N) is 3. The number of hydrogen-bond acceptors (Lipinski definition) is 5. The molecule has 0 spiro atoms. The van der Waals surface area contributed by atoms with Crippen molar-refractivity contribution in [3.05, 3.63) is 53.8 Å². The lowest BCUT2D eigenvalue weighted by molar-refractivity contribution is -0.119. The van der Waals surface area contributed by atoms with Crippen molar-refractivity contribution in [1.82, 2.24) is 20.1 Å². The van der Waals surface area contributed by atoms with Crippen LogP contribution in [0.5, 0.6) is 0 Å². The second-order valence-corrected chi connectivity index (χ2v) is 6.96. The summed E-state index contributed by atoms with van der Waals surface area (Å²) in [4.78, 5) is 12.3. The third-order valence-corrected chi connectivity index (χ3v) is 5.19. The third-order valence-electron chi connectivity index (χ3n) is 4.17. The van der Waals surface area contributed by atoms with Gasteiger partial charge >= 0.3 is 0 Å². The first-order chi connectivity index (χ1) is 12.6. The van der Waals surface area contributed by atoms with Crippen LogP contribution in [0.15, 0.2) is 52.2 Å². The third kappa shape index (κ3) is 4.16. The summed E-state index contributed by atoms with van der Waals surface area (Å²) in [5.41, 5.74) is 2.39. The number of benzene rings is 1. The zero-order valence-electron chi connectivity index (χ0n) is 15.1. The van der Waals surface area contributed by atoms with Crippen molar-refractivity contribution in [1.29, 1.82) is 0 Å². The summed E-state index contributed by atoms with van der Waals surface area (Å²) in [6, 6.07) is 11.9. The highest BCUT2D eigenvalue weighted by Crippen LogP contribution is 2.23. The van der Waals surface area contributed by atoms with Crippen LogP contribution in [-0.4, -0.2) is 26.4 Å². The highest BCUT2D eigenvalue weighted by Gasteiger charge is 2.15. The van der Waals surface area contributed by atoms with Gasteiger partial charge in [-0.2, -0.15) is 0 Å². The SMILES string of the molecule is CCc1ccc(C(C)NC(=O)CSc2nnc(-c3ccco3)n2C)cc1. The van der Waals surface area contributed by atoms with E-state index in [1.807, 2.05) is 24.6 Å². The Labute approximate surface area is 157 Å². The fourth-order valence-corrected chi connectivity index (χ4v) is 3.32.